The fourth-order valence-electron chi connectivity index (χ4n) is 2.90. The summed E-state index contributed by atoms with van der Waals surface area (Å²) in [5.74, 6) is 1.80. The Morgan fingerprint density at radius 3 is 2.68 bits per heavy atom. The predicted molar refractivity (Wildman–Crippen MR) is 81.0 cm³/mol. The van der Waals surface area contributed by atoms with Gasteiger partial charge < -0.3 is 10.1 Å². The van der Waals surface area contributed by atoms with Crippen LogP contribution in [0.15, 0.2) is 18.2 Å². The normalized spacial score (nSPS) is 20.3. The maximum absolute atomic E-state index is 5.50. The lowest BCUT2D eigenvalue weighted by Crippen LogP contribution is -2.30. The molecule has 1 atom stereocenters. The minimum atomic E-state index is 0.131. The molecule has 1 saturated heterocycles. The molecule has 2 heteroatoms. The molecule has 1 aliphatic heterocycles. The highest BCUT2D eigenvalue weighted by Crippen LogP contribution is 2.32. The second-order valence-electron chi connectivity index (χ2n) is 6.70. The summed E-state index contributed by atoms with van der Waals surface area (Å²) in [7, 11) is 1.76. The molecule has 2 nitrogen and oxygen atoms in total. The van der Waals surface area contributed by atoms with E-state index in [1.807, 2.05) is 0 Å². The molecule has 0 aliphatic carbocycles. The smallest absolute Gasteiger partial charge is 0.122 e. The molecule has 1 heterocycles. The van der Waals surface area contributed by atoms with Gasteiger partial charge in [-0.15, -0.1) is 0 Å². The van der Waals surface area contributed by atoms with Gasteiger partial charge in [0.15, 0.2) is 0 Å². The van der Waals surface area contributed by atoms with Crippen LogP contribution in [-0.2, 0) is 11.8 Å². The molecule has 1 aliphatic rings. The summed E-state index contributed by atoms with van der Waals surface area (Å²) in [4.78, 5) is 0. The van der Waals surface area contributed by atoms with E-state index in [0.29, 0.717) is 0 Å². The van der Waals surface area contributed by atoms with Crippen molar-refractivity contribution in [1.29, 1.82) is 0 Å². The van der Waals surface area contributed by atoms with Gasteiger partial charge in [-0.1, -0.05) is 32.9 Å². The third-order valence-corrected chi connectivity index (χ3v) is 4.00. The molecule has 0 saturated carbocycles. The summed E-state index contributed by atoms with van der Waals surface area (Å²) in [6.45, 7) is 9.09. The number of benzene rings is 1. The average Bonchev–Trinajstić information content (AvgIpc) is 2.39. The Morgan fingerprint density at radius 2 is 2.11 bits per heavy atom. The first-order chi connectivity index (χ1) is 9.00. The van der Waals surface area contributed by atoms with Gasteiger partial charge in [0.05, 0.1) is 7.11 Å². The topological polar surface area (TPSA) is 21.3 Å². The third kappa shape index (κ3) is 3.73. The molecule has 1 aromatic carbocycles. The molecule has 1 N–H and O–H groups in total. The molecule has 1 unspecified atom stereocenters. The van der Waals surface area contributed by atoms with Gasteiger partial charge in [-0.2, -0.15) is 0 Å². The number of ether oxygens (including phenoxy) is 1. The van der Waals surface area contributed by atoms with Crippen molar-refractivity contribution in [3.05, 3.63) is 29.3 Å². The summed E-state index contributed by atoms with van der Waals surface area (Å²) in [5.41, 5.74) is 2.89. The maximum Gasteiger partial charge on any atom is 0.122 e. The van der Waals surface area contributed by atoms with Gasteiger partial charge in [-0.25, -0.2) is 0 Å². The molecule has 0 aromatic heterocycles. The summed E-state index contributed by atoms with van der Waals surface area (Å²) in [6.07, 6.45) is 3.84. The summed E-state index contributed by atoms with van der Waals surface area (Å²) in [6, 6.07) is 6.70. The molecular weight excluding hydrogens is 234 g/mol. The molecule has 0 amide bonds. The fraction of sp³-hybridized carbons (Fsp3) is 0.647. The third-order valence-electron chi connectivity index (χ3n) is 4.00. The molecule has 0 spiro atoms. The van der Waals surface area contributed by atoms with E-state index in [9.17, 15) is 0 Å². The first-order valence-corrected chi connectivity index (χ1v) is 7.39. The number of hydrogen-bond acceptors (Lipinski definition) is 2. The number of methoxy groups -OCH3 is 1. The van der Waals surface area contributed by atoms with Crippen molar-refractivity contribution >= 4 is 0 Å². The van der Waals surface area contributed by atoms with Crippen LogP contribution in [0.3, 0.4) is 0 Å². The van der Waals surface area contributed by atoms with Crippen LogP contribution in [0.1, 0.15) is 44.7 Å². The highest BCUT2D eigenvalue weighted by atomic mass is 16.5. The lowest BCUT2D eigenvalue weighted by atomic mass is 9.83. The second-order valence-corrected chi connectivity index (χ2v) is 6.70. The standard InChI is InChI=1S/C17H27NO/c1-17(2,3)15-11-13(7-8-16(15)19-4)10-14-6-5-9-18-12-14/h7-8,11,14,18H,5-6,9-10,12H2,1-4H3. The summed E-state index contributed by atoms with van der Waals surface area (Å²) < 4.78 is 5.50. The van der Waals surface area contributed by atoms with Crippen LogP contribution >= 0.6 is 0 Å². The van der Waals surface area contributed by atoms with E-state index in [2.05, 4.69) is 44.3 Å². The van der Waals surface area contributed by atoms with Gasteiger partial charge in [-0.3, -0.25) is 0 Å². The Labute approximate surface area is 117 Å². The number of rotatable bonds is 3. The highest BCUT2D eigenvalue weighted by Gasteiger charge is 2.20. The fourth-order valence-corrected chi connectivity index (χ4v) is 2.90. The number of hydrogen-bond donors (Lipinski definition) is 1. The second kappa shape index (κ2) is 5.96. The van der Waals surface area contributed by atoms with Crippen molar-refractivity contribution in [2.75, 3.05) is 20.2 Å². The zero-order valence-corrected chi connectivity index (χ0v) is 12.8. The largest absolute Gasteiger partial charge is 0.496 e. The van der Waals surface area contributed by atoms with E-state index in [1.54, 1.807) is 7.11 Å². The summed E-state index contributed by atoms with van der Waals surface area (Å²) in [5, 5.41) is 3.50. The van der Waals surface area contributed by atoms with Crippen LogP contribution in [0.4, 0.5) is 0 Å². The van der Waals surface area contributed by atoms with Crippen LogP contribution in [0.5, 0.6) is 5.75 Å². The Hall–Kier alpha value is -1.02. The lowest BCUT2D eigenvalue weighted by Gasteiger charge is -2.25. The first kappa shape index (κ1) is 14.4. The molecule has 19 heavy (non-hydrogen) atoms. The monoisotopic (exact) mass is 261 g/mol. The quantitative estimate of drug-likeness (QED) is 0.898. The molecule has 1 aromatic rings. The molecule has 106 valence electrons. The van der Waals surface area contributed by atoms with Crippen molar-refractivity contribution in [3.8, 4) is 5.75 Å². The van der Waals surface area contributed by atoms with E-state index in [0.717, 1.165) is 18.2 Å². The van der Waals surface area contributed by atoms with Crippen LogP contribution in [0.25, 0.3) is 0 Å². The zero-order chi connectivity index (χ0) is 13.9. The predicted octanol–water partition coefficient (Wildman–Crippen LogP) is 3.53. The Kier molecular flexibility index (Phi) is 4.51. The highest BCUT2D eigenvalue weighted by molar-refractivity contribution is 5.41. The van der Waals surface area contributed by atoms with Gasteiger partial charge in [0, 0.05) is 0 Å². The van der Waals surface area contributed by atoms with Gasteiger partial charge in [0.1, 0.15) is 5.75 Å². The van der Waals surface area contributed by atoms with Crippen molar-refractivity contribution in [3.63, 3.8) is 0 Å². The van der Waals surface area contributed by atoms with E-state index in [-0.39, 0.29) is 5.41 Å². The SMILES string of the molecule is COc1ccc(CC2CCCNC2)cc1C(C)(C)C. The van der Waals surface area contributed by atoms with Crippen molar-refractivity contribution < 1.29 is 4.74 Å². The van der Waals surface area contributed by atoms with Gasteiger partial charge in [0.25, 0.3) is 0 Å². The van der Waals surface area contributed by atoms with Crippen LogP contribution in [0, 0.1) is 5.92 Å². The molecular formula is C17H27NO. The summed E-state index contributed by atoms with van der Waals surface area (Å²) >= 11 is 0. The van der Waals surface area contributed by atoms with E-state index in [1.165, 1.54) is 36.9 Å². The number of piperidine rings is 1. The molecule has 1 fully saturated rings. The Morgan fingerprint density at radius 1 is 1.32 bits per heavy atom. The Balaban J connectivity index is 2.17. The van der Waals surface area contributed by atoms with Crippen molar-refractivity contribution in [2.45, 2.75) is 45.4 Å². The van der Waals surface area contributed by atoms with Crippen molar-refractivity contribution in [2.24, 2.45) is 5.92 Å². The van der Waals surface area contributed by atoms with E-state index in [4.69, 9.17) is 4.74 Å². The minimum absolute atomic E-state index is 0.131. The van der Waals surface area contributed by atoms with Crippen LogP contribution < -0.4 is 10.1 Å². The maximum atomic E-state index is 5.50. The Bertz CT molecular complexity index is 414. The van der Waals surface area contributed by atoms with Gasteiger partial charge in [-0.05, 0) is 60.9 Å². The van der Waals surface area contributed by atoms with Gasteiger partial charge >= 0.3 is 0 Å². The molecule has 0 radical (unpaired) electrons. The van der Waals surface area contributed by atoms with Gasteiger partial charge in [0.2, 0.25) is 0 Å². The van der Waals surface area contributed by atoms with Crippen LogP contribution in [-0.4, -0.2) is 20.2 Å². The minimum Gasteiger partial charge on any atom is -0.496 e. The van der Waals surface area contributed by atoms with Crippen molar-refractivity contribution in [1.82, 2.24) is 5.32 Å². The first-order valence-electron chi connectivity index (χ1n) is 7.39. The van der Waals surface area contributed by atoms with Crippen LogP contribution in [0.2, 0.25) is 0 Å². The zero-order valence-electron chi connectivity index (χ0n) is 12.8. The average molecular weight is 261 g/mol. The lowest BCUT2D eigenvalue weighted by molar-refractivity contribution is 0.374. The number of nitrogens with one attached hydrogen (secondary N) is 1. The van der Waals surface area contributed by atoms with E-state index < -0.39 is 0 Å². The molecule has 2 rings (SSSR count). The van der Waals surface area contributed by atoms with E-state index >= 15 is 0 Å². The molecule has 0 bridgehead atoms.